The van der Waals surface area contributed by atoms with Gasteiger partial charge in [0.15, 0.2) is 0 Å². The summed E-state index contributed by atoms with van der Waals surface area (Å²) in [6, 6.07) is 10.0. The van der Waals surface area contributed by atoms with E-state index < -0.39 is 5.82 Å². The highest BCUT2D eigenvalue weighted by Crippen LogP contribution is 2.25. The van der Waals surface area contributed by atoms with Crippen LogP contribution >= 0.6 is 0 Å². The number of para-hydroxylation sites is 2. The fourth-order valence-corrected chi connectivity index (χ4v) is 2.44. The number of carbonyl (C=O) groups excluding carboxylic acids is 1. The van der Waals surface area contributed by atoms with E-state index in [0.29, 0.717) is 35.1 Å². The first-order valence-corrected chi connectivity index (χ1v) is 7.27. The topological polar surface area (TPSA) is 55.6 Å². The molecule has 0 saturated heterocycles. The summed E-state index contributed by atoms with van der Waals surface area (Å²) in [5.41, 5.74) is 1.91. The Kier molecular flexibility index (Phi) is 3.97. The molecule has 0 unspecified atom stereocenters. The van der Waals surface area contributed by atoms with Gasteiger partial charge in [0.05, 0.1) is 18.0 Å². The van der Waals surface area contributed by atoms with Gasteiger partial charge in [-0.25, -0.2) is 9.37 Å². The van der Waals surface area contributed by atoms with Crippen LogP contribution in [0.3, 0.4) is 0 Å². The Balaban J connectivity index is 1.98. The number of hydrogen-bond donors (Lipinski definition) is 1. The van der Waals surface area contributed by atoms with Crippen molar-refractivity contribution in [2.24, 2.45) is 0 Å². The number of amides is 1. The molecule has 118 valence electrons. The maximum Gasteiger partial charge on any atom is 0.274 e. The van der Waals surface area contributed by atoms with Crippen molar-refractivity contribution < 1.29 is 13.9 Å². The number of benzene rings is 1. The van der Waals surface area contributed by atoms with Crippen molar-refractivity contribution in [3.63, 3.8) is 0 Å². The summed E-state index contributed by atoms with van der Waals surface area (Å²) in [5.74, 6) is -0.215. The maximum atomic E-state index is 13.5. The van der Waals surface area contributed by atoms with Crippen LogP contribution in [0.4, 0.5) is 10.1 Å². The monoisotopic (exact) mass is 313 g/mol. The average molecular weight is 313 g/mol. The molecule has 0 aliphatic heterocycles. The first kappa shape index (κ1) is 15.0. The predicted octanol–water partition coefficient (Wildman–Crippen LogP) is 3.43. The van der Waals surface area contributed by atoms with Gasteiger partial charge >= 0.3 is 0 Å². The Labute approximate surface area is 132 Å². The lowest BCUT2D eigenvalue weighted by Gasteiger charge is -2.11. The van der Waals surface area contributed by atoms with Gasteiger partial charge in [0.2, 0.25) is 0 Å². The number of nitrogens with one attached hydrogen (secondary N) is 1. The van der Waals surface area contributed by atoms with Gasteiger partial charge in [-0.15, -0.1) is 0 Å². The number of ether oxygens (including phenoxy) is 1. The lowest BCUT2D eigenvalue weighted by Crippen LogP contribution is -2.16. The van der Waals surface area contributed by atoms with E-state index in [2.05, 4.69) is 10.3 Å². The smallest absolute Gasteiger partial charge is 0.274 e. The van der Waals surface area contributed by atoms with Crippen LogP contribution in [-0.2, 0) is 0 Å². The number of hydrogen-bond acceptors (Lipinski definition) is 3. The Bertz CT molecular complexity index is 873. The van der Waals surface area contributed by atoms with Gasteiger partial charge in [0, 0.05) is 6.20 Å². The minimum Gasteiger partial charge on any atom is -0.492 e. The first-order valence-electron chi connectivity index (χ1n) is 7.27. The number of anilines is 1. The van der Waals surface area contributed by atoms with Crippen LogP contribution in [-0.4, -0.2) is 21.9 Å². The third kappa shape index (κ3) is 2.88. The Morgan fingerprint density at radius 3 is 2.87 bits per heavy atom. The van der Waals surface area contributed by atoms with Gasteiger partial charge in [0.1, 0.15) is 22.9 Å². The number of nitrogens with zero attached hydrogens (tertiary/aromatic N) is 2. The molecule has 2 aromatic heterocycles. The molecule has 0 radical (unpaired) electrons. The maximum absolute atomic E-state index is 13.5. The van der Waals surface area contributed by atoms with Crippen molar-refractivity contribution >= 4 is 17.2 Å². The quantitative estimate of drug-likeness (QED) is 0.803. The van der Waals surface area contributed by atoms with Crippen LogP contribution < -0.4 is 10.1 Å². The third-order valence-corrected chi connectivity index (χ3v) is 3.41. The number of rotatable bonds is 4. The van der Waals surface area contributed by atoms with Gasteiger partial charge in [-0.2, -0.15) is 0 Å². The number of carbonyl (C=O) groups is 1. The second-order valence-corrected chi connectivity index (χ2v) is 5.00. The van der Waals surface area contributed by atoms with Crippen LogP contribution in [0.1, 0.15) is 23.1 Å². The molecule has 1 amide bonds. The molecule has 3 rings (SSSR count). The highest BCUT2D eigenvalue weighted by Gasteiger charge is 2.18. The van der Waals surface area contributed by atoms with Crippen molar-refractivity contribution in [3.05, 3.63) is 59.8 Å². The summed E-state index contributed by atoms with van der Waals surface area (Å²) in [4.78, 5) is 16.9. The summed E-state index contributed by atoms with van der Waals surface area (Å²) in [7, 11) is 0. The zero-order valence-electron chi connectivity index (χ0n) is 12.8. The molecule has 0 atom stereocenters. The number of pyridine rings is 1. The second-order valence-electron chi connectivity index (χ2n) is 5.00. The molecule has 0 bridgehead atoms. The summed E-state index contributed by atoms with van der Waals surface area (Å²) in [5, 5.41) is 2.80. The summed E-state index contributed by atoms with van der Waals surface area (Å²) in [6.07, 6.45) is 1.25. The highest BCUT2D eigenvalue weighted by atomic mass is 19.1. The van der Waals surface area contributed by atoms with Gasteiger partial charge in [-0.1, -0.05) is 12.1 Å². The predicted molar refractivity (Wildman–Crippen MR) is 85.5 cm³/mol. The van der Waals surface area contributed by atoms with E-state index in [1.807, 2.05) is 13.0 Å². The standard InChI is InChI=1S/C17H16FN3O2/c1-3-23-14-7-5-4-6-13(14)20-17(22)16-11(2)19-15-9-8-12(18)10-21(15)16/h4-10H,3H2,1-2H3,(H,20,22). The molecular weight excluding hydrogens is 297 g/mol. The molecular formula is C17H16FN3O2. The number of aromatic nitrogens is 2. The molecule has 1 N–H and O–H groups in total. The van der Waals surface area contributed by atoms with Gasteiger partial charge < -0.3 is 10.1 Å². The summed E-state index contributed by atoms with van der Waals surface area (Å²) in [6.45, 7) is 4.08. The summed E-state index contributed by atoms with van der Waals surface area (Å²) >= 11 is 0. The van der Waals surface area contributed by atoms with Crippen LogP contribution in [0.5, 0.6) is 5.75 Å². The zero-order valence-corrected chi connectivity index (χ0v) is 12.8. The molecule has 0 spiro atoms. The number of aryl methyl sites for hydroxylation is 1. The van der Waals surface area contributed by atoms with Crippen LogP contribution in [0.15, 0.2) is 42.6 Å². The van der Waals surface area contributed by atoms with Crippen molar-refractivity contribution in [1.29, 1.82) is 0 Å². The number of fused-ring (bicyclic) bond motifs is 1. The van der Waals surface area contributed by atoms with Crippen LogP contribution in [0.25, 0.3) is 5.65 Å². The molecule has 3 aromatic rings. The normalized spacial score (nSPS) is 10.7. The fourth-order valence-electron chi connectivity index (χ4n) is 2.44. The van der Waals surface area contributed by atoms with Gasteiger partial charge in [0.25, 0.3) is 5.91 Å². The molecule has 5 nitrogen and oxygen atoms in total. The van der Waals surface area contributed by atoms with Crippen molar-refractivity contribution in [3.8, 4) is 5.75 Å². The van der Waals surface area contributed by atoms with Crippen LogP contribution in [0.2, 0.25) is 0 Å². The minimum absolute atomic E-state index is 0.297. The van der Waals surface area contributed by atoms with E-state index in [0.717, 1.165) is 0 Å². The fraction of sp³-hybridized carbons (Fsp3) is 0.176. The number of imidazole rings is 1. The van der Waals surface area contributed by atoms with Gasteiger partial charge in [-0.05, 0) is 38.1 Å². The van der Waals surface area contributed by atoms with E-state index in [4.69, 9.17) is 4.74 Å². The van der Waals surface area contributed by atoms with E-state index >= 15 is 0 Å². The van der Waals surface area contributed by atoms with Crippen molar-refractivity contribution in [2.75, 3.05) is 11.9 Å². The van der Waals surface area contributed by atoms with E-state index in [1.165, 1.54) is 22.7 Å². The molecule has 0 aliphatic rings. The average Bonchev–Trinajstić information content (AvgIpc) is 2.84. The van der Waals surface area contributed by atoms with E-state index in [9.17, 15) is 9.18 Å². The molecule has 6 heteroatoms. The lowest BCUT2D eigenvalue weighted by molar-refractivity contribution is 0.102. The van der Waals surface area contributed by atoms with Crippen LogP contribution in [0, 0.1) is 12.7 Å². The lowest BCUT2D eigenvalue weighted by atomic mass is 10.2. The largest absolute Gasteiger partial charge is 0.492 e. The molecule has 2 heterocycles. The molecule has 0 aliphatic carbocycles. The highest BCUT2D eigenvalue weighted by molar-refractivity contribution is 6.05. The zero-order chi connectivity index (χ0) is 16.4. The SMILES string of the molecule is CCOc1ccccc1NC(=O)c1c(C)nc2ccc(F)cn12. The molecule has 0 saturated carbocycles. The van der Waals surface area contributed by atoms with E-state index in [1.54, 1.807) is 25.1 Å². The number of halogens is 1. The summed E-state index contributed by atoms with van der Waals surface area (Å²) < 4.78 is 20.4. The Hall–Kier alpha value is -2.89. The van der Waals surface area contributed by atoms with E-state index in [-0.39, 0.29) is 5.91 Å². The Morgan fingerprint density at radius 1 is 1.30 bits per heavy atom. The molecule has 0 fully saturated rings. The molecule has 1 aromatic carbocycles. The minimum atomic E-state index is -0.432. The first-order chi connectivity index (χ1) is 11.1. The molecule has 23 heavy (non-hydrogen) atoms. The van der Waals surface area contributed by atoms with Crippen molar-refractivity contribution in [2.45, 2.75) is 13.8 Å². The van der Waals surface area contributed by atoms with Crippen molar-refractivity contribution in [1.82, 2.24) is 9.38 Å². The Morgan fingerprint density at radius 2 is 2.09 bits per heavy atom. The van der Waals surface area contributed by atoms with Gasteiger partial charge in [-0.3, -0.25) is 9.20 Å². The third-order valence-electron chi connectivity index (χ3n) is 3.41. The second kappa shape index (κ2) is 6.08.